The molecule has 0 radical (unpaired) electrons. The Kier molecular flexibility index (Phi) is 8.11. The van der Waals surface area contributed by atoms with Crippen LogP contribution in [-0.4, -0.2) is 0 Å². The van der Waals surface area contributed by atoms with Crippen molar-refractivity contribution in [3.63, 3.8) is 0 Å². The minimum Gasteiger partial charge on any atom is -0.452 e. The zero-order chi connectivity index (χ0) is 29.8. The second-order valence-electron chi connectivity index (χ2n) is 10.4. The summed E-state index contributed by atoms with van der Waals surface area (Å²) in [6.45, 7) is 8.33. The summed E-state index contributed by atoms with van der Waals surface area (Å²) >= 11 is 0. The Bertz CT molecular complexity index is 2190. The molecule has 0 N–H and O–H groups in total. The van der Waals surface area contributed by atoms with Crippen LogP contribution >= 0.6 is 0 Å². The highest BCUT2D eigenvalue weighted by molar-refractivity contribution is 6.15. The van der Waals surface area contributed by atoms with Gasteiger partial charge in [0.15, 0.2) is 11.2 Å². The standard InChI is InChI=1S/C39H30O2.C2H6/c1-3-4-17-30-26(2)12-10-19-31(30)29-21-22-33-35-24-23-34-32-18-7-5-6-13-27-14-8-9-15-28(27)16-11-20-36(32)40-38(34)39(35)41-37(33)25-29;1-2/h4-25H,3H2,1-2H3;1-2H3/b6-5-,7-5?,13-6?,16-11?,17-4-,18-7-,20-11+,27-13-,28-16+,32-18?,36-20?;. The van der Waals surface area contributed by atoms with Gasteiger partial charge in [0.1, 0.15) is 11.3 Å². The minimum atomic E-state index is 0.771. The first kappa shape index (κ1) is 28.1. The maximum absolute atomic E-state index is 6.57. The lowest BCUT2D eigenvalue weighted by Crippen LogP contribution is -2.22. The molecule has 0 aliphatic heterocycles. The molecule has 0 saturated heterocycles. The van der Waals surface area contributed by atoms with Crippen molar-refractivity contribution in [2.45, 2.75) is 34.1 Å². The van der Waals surface area contributed by atoms with Crippen LogP contribution in [0.2, 0.25) is 0 Å². The summed E-state index contributed by atoms with van der Waals surface area (Å²) in [6.07, 6.45) is 22.1. The average molecular weight is 561 g/mol. The Morgan fingerprint density at radius 3 is 2.23 bits per heavy atom. The molecule has 7 rings (SSSR count). The highest BCUT2D eigenvalue weighted by Gasteiger charge is 2.18. The van der Waals surface area contributed by atoms with Gasteiger partial charge in [-0.2, -0.15) is 0 Å². The van der Waals surface area contributed by atoms with Crippen LogP contribution in [0.3, 0.4) is 0 Å². The molecule has 212 valence electrons. The van der Waals surface area contributed by atoms with Crippen LogP contribution in [-0.2, 0) is 0 Å². The molecule has 2 heterocycles. The molecule has 43 heavy (non-hydrogen) atoms. The Morgan fingerprint density at radius 2 is 1.42 bits per heavy atom. The maximum Gasteiger partial charge on any atom is 0.178 e. The predicted molar refractivity (Wildman–Crippen MR) is 186 cm³/mol. The molecule has 0 unspecified atom stereocenters. The molecule has 0 amide bonds. The number of fused-ring (bicyclic) bond motifs is 8. The van der Waals surface area contributed by atoms with Gasteiger partial charge in [-0.1, -0.05) is 124 Å². The summed E-state index contributed by atoms with van der Waals surface area (Å²) in [7, 11) is 0. The van der Waals surface area contributed by atoms with Crippen LogP contribution in [0, 0.1) is 6.92 Å². The fourth-order valence-electron chi connectivity index (χ4n) is 5.71. The van der Waals surface area contributed by atoms with Crippen LogP contribution in [0.25, 0.3) is 74.4 Å². The van der Waals surface area contributed by atoms with E-state index >= 15 is 0 Å². The summed E-state index contributed by atoms with van der Waals surface area (Å²) in [5.41, 5.74) is 8.31. The van der Waals surface area contributed by atoms with Gasteiger partial charge in [0.05, 0.1) is 0 Å². The fraction of sp³-hybridized carbons (Fsp3) is 0.122. The second kappa shape index (κ2) is 12.4. The monoisotopic (exact) mass is 560 g/mol. The van der Waals surface area contributed by atoms with Crippen LogP contribution in [0.5, 0.6) is 0 Å². The molecule has 1 aliphatic rings. The van der Waals surface area contributed by atoms with Crippen molar-refractivity contribution in [2.75, 3.05) is 0 Å². The summed E-state index contributed by atoms with van der Waals surface area (Å²) in [5, 5.41) is 5.52. The first-order valence-electron chi connectivity index (χ1n) is 15.2. The van der Waals surface area contributed by atoms with Gasteiger partial charge >= 0.3 is 0 Å². The molecule has 2 heteroatoms. The molecular formula is C41H36O2. The van der Waals surface area contributed by atoms with Crippen LogP contribution < -0.4 is 10.4 Å². The molecule has 0 atom stereocenters. The van der Waals surface area contributed by atoms with E-state index in [0.717, 1.165) is 61.4 Å². The third-order valence-corrected chi connectivity index (χ3v) is 7.80. The third kappa shape index (κ3) is 5.33. The lowest BCUT2D eigenvalue weighted by molar-refractivity contribution is 0.590. The van der Waals surface area contributed by atoms with Gasteiger partial charge in [-0.25, -0.2) is 0 Å². The number of hydrogen-bond donors (Lipinski definition) is 0. The van der Waals surface area contributed by atoms with Gasteiger partial charge in [0, 0.05) is 21.7 Å². The van der Waals surface area contributed by atoms with E-state index in [0.29, 0.717) is 0 Å². The first-order chi connectivity index (χ1) is 21.2. The van der Waals surface area contributed by atoms with Gasteiger partial charge in [-0.05, 0) is 76.4 Å². The van der Waals surface area contributed by atoms with Crippen molar-refractivity contribution in [3.8, 4) is 11.1 Å². The fourth-order valence-corrected chi connectivity index (χ4v) is 5.71. The Labute approximate surface area is 253 Å². The minimum absolute atomic E-state index is 0.771. The van der Waals surface area contributed by atoms with E-state index in [-0.39, 0.29) is 0 Å². The van der Waals surface area contributed by atoms with Crippen molar-refractivity contribution in [1.29, 1.82) is 0 Å². The van der Waals surface area contributed by atoms with Gasteiger partial charge in [0.2, 0.25) is 0 Å². The lowest BCUT2D eigenvalue weighted by atomic mass is 9.95. The topological polar surface area (TPSA) is 26.3 Å². The van der Waals surface area contributed by atoms with E-state index < -0.39 is 0 Å². The van der Waals surface area contributed by atoms with Gasteiger partial charge in [-0.15, -0.1) is 0 Å². The summed E-state index contributed by atoms with van der Waals surface area (Å²) in [4.78, 5) is 0. The zero-order valence-corrected chi connectivity index (χ0v) is 25.2. The lowest BCUT2D eigenvalue weighted by Gasteiger charge is -2.09. The molecular weight excluding hydrogens is 524 g/mol. The highest BCUT2D eigenvalue weighted by atomic mass is 16.4. The van der Waals surface area contributed by atoms with E-state index in [2.05, 4.69) is 141 Å². The van der Waals surface area contributed by atoms with Crippen LogP contribution in [0.1, 0.15) is 49.6 Å². The molecule has 0 bridgehead atoms. The Morgan fingerprint density at radius 1 is 0.674 bits per heavy atom. The van der Waals surface area contributed by atoms with E-state index in [1.807, 2.05) is 19.9 Å². The smallest absolute Gasteiger partial charge is 0.178 e. The summed E-state index contributed by atoms with van der Waals surface area (Å²) < 4.78 is 13.1. The second-order valence-corrected chi connectivity index (χ2v) is 10.4. The Balaban J connectivity index is 0.00000161. The van der Waals surface area contributed by atoms with Crippen molar-refractivity contribution in [1.82, 2.24) is 0 Å². The molecule has 2 nitrogen and oxygen atoms in total. The maximum atomic E-state index is 6.57. The molecule has 2 aromatic heterocycles. The number of rotatable bonds is 3. The third-order valence-electron chi connectivity index (χ3n) is 7.80. The number of allylic oxidation sites excluding steroid dienone is 5. The molecule has 0 spiro atoms. The molecule has 0 saturated carbocycles. The van der Waals surface area contributed by atoms with E-state index in [4.69, 9.17) is 8.83 Å². The number of hydrogen-bond acceptors (Lipinski definition) is 2. The van der Waals surface area contributed by atoms with Crippen molar-refractivity contribution in [2.24, 2.45) is 0 Å². The van der Waals surface area contributed by atoms with Gasteiger partial charge in [-0.3, -0.25) is 0 Å². The highest BCUT2D eigenvalue weighted by Crippen LogP contribution is 2.40. The van der Waals surface area contributed by atoms with Crippen LogP contribution in [0.15, 0.2) is 112 Å². The van der Waals surface area contributed by atoms with Gasteiger partial charge in [0.25, 0.3) is 0 Å². The average Bonchev–Trinajstić information content (AvgIpc) is 3.58. The molecule has 1 aliphatic carbocycles. The summed E-state index contributed by atoms with van der Waals surface area (Å²) in [5.74, 6) is 0.809. The van der Waals surface area contributed by atoms with Crippen molar-refractivity contribution < 1.29 is 8.83 Å². The SMILES string of the molecule is CC.CC/C=C\c1c(C)cccc1-c1ccc2c(c1)oc1c2ccc2c3c(oc21)/C=C/C=c1\cccc\c1=C\C=C/C=C\3. The first-order valence-corrected chi connectivity index (χ1v) is 15.2. The van der Waals surface area contributed by atoms with E-state index in [9.17, 15) is 0 Å². The quantitative estimate of drug-likeness (QED) is 0.215. The normalized spacial score (nSPS) is 16.6. The number of aryl methyl sites for hydroxylation is 1. The van der Waals surface area contributed by atoms with Crippen molar-refractivity contribution >= 4 is 63.3 Å². The van der Waals surface area contributed by atoms with Crippen LogP contribution in [0.4, 0.5) is 0 Å². The molecule has 6 aromatic rings. The van der Waals surface area contributed by atoms with Gasteiger partial charge < -0.3 is 8.83 Å². The summed E-state index contributed by atoms with van der Waals surface area (Å²) in [6, 6.07) is 25.7. The predicted octanol–water partition coefficient (Wildman–Crippen LogP) is 10.6. The Hall–Kier alpha value is -5.08. The number of furan rings is 2. The van der Waals surface area contributed by atoms with E-state index in [1.54, 1.807) is 0 Å². The van der Waals surface area contributed by atoms with E-state index in [1.165, 1.54) is 21.9 Å². The molecule has 0 fully saturated rings. The van der Waals surface area contributed by atoms with Crippen molar-refractivity contribution in [3.05, 3.63) is 136 Å². The largest absolute Gasteiger partial charge is 0.452 e. The number of benzene rings is 4. The zero-order valence-electron chi connectivity index (χ0n) is 25.2. The molecule has 4 aromatic carbocycles.